The minimum atomic E-state index is -0.753. The van der Waals surface area contributed by atoms with Crippen molar-refractivity contribution in [2.75, 3.05) is 6.54 Å². The van der Waals surface area contributed by atoms with Crippen LogP contribution in [0.1, 0.15) is 44.7 Å². The normalized spacial score (nSPS) is 17.4. The second kappa shape index (κ2) is 8.91. The van der Waals surface area contributed by atoms with Crippen molar-refractivity contribution in [3.05, 3.63) is 70.1 Å². The highest BCUT2D eigenvalue weighted by atomic mass is 32.2. The summed E-state index contributed by atoms with van der Waals surface area (Å²) in [7, 11) is 0. The second-order valence-corrected chi connectivity index (χ2v) is 8.74. The molecule has 6 heteroatoms. The molecule has 2 aromatic carbocycles. The lowest BCUT2D eigenvalue weighted by atomic mass is 10.0. The number of amides is 1. The lowest BCUT2D eigenvalue weighted by Crippen LogP contribution is -2.32. The van der Waals surface area contributed by atoms with Gasteiger partial charge in [-0.3, -0.25) is 9.69 Å². The zero-order chi connectivity index (χ0) is 21.1. The Bertz CT molecular complexity index is 965. The molecule has 1 aliphatic heterocycles. The van der Waals surface area contributed by atoms with E-state index in [0.29, 0.717) is 22.5 Å². The third-order valence-electron chi connectivity index (χ3n) is 4.46. The van der Waals surface area contributed by atoms with Crippen LogP contribution >= 0.6 is 11.8 Å². The molecule has 3 nitrogen and oxygen atoms in total. The number of benzene rings is 2. The van der Waals surface area contributed by atoms with Crippen LogP contribution < -0.4 is 0 Å². The number of hydrogen-bond acceptors (Lipinski definition) is 3. The Morgan fingerprint density at radius 2 is 1.76 bits per heavy atom. The molecule has 0 aromatic heterocycles. The summed E-state index contributed by atoms with van der Waals surface area (Å²) in [5, 5.41) is 0.402. The SMILES string of the molecule is CC(C)CN1C(=O)/C(=C\c2ccc(C(C)C)cc2)SC1=Nc1ccc(F)cc1F. The summed E-state index contributed by atoms with van der Waals surface area (Å²) < 4.78 is 27.3. The molecule has 1 amide bonds. The lowest BCUT2D eigenvalue weighted by molar-refractivity contribution is -0.122. The molecule has 1 fully saturated rings. The molecule has 1 heterocycles. The summed E-state index contributed by atoms with van der Waals surface area (Å²) in [5.41, 5.74) is 2.16. The van der Waals surface area contributed by atoms with E-state index in [9.17, 15) is 13.6 Å². The fraction of sp³-hybridized carbons (Fsp3) is 0.304. The standard InChI is InChI=1S/C23H24F2N2OS/c1-14(2)13-27-22(28)21(11-16-5-7-17(8-6-16)15(3)4)29-23(27)26-20-10-9-18(24)12-19(20)25/h5-12,14-15H,13H2,1-4H3/b21-11+,26-23?. The summed E-state index contributed by atoms with van der Waals surface area (Å²) in [5.74, 6) is -0.918. The van der Waals surface area contributed by atoms with E-state index in [1.165, 1.54) is 23.4 Å². The van der Waals surface area contributed by atoms with Crippen molar-refractivity contribution in [1.82, 2.24) is 4.90 Å². The highest BCUT2D eigenvalue weighted by Crippen LogP contribution is 2.35. The van der Waals surface area contributed by atoms with Crippen molar-refractivity contribution in [1.29, 1.82) is 0 Å². The molecule has 0 atom stereocenters. The van der Waals surface area contributed by atoms with Crippen LogP contribution in [0.25, 0.3) is 6.08 Å². The molecule has 0 aliphatic carbocycles. The number of aliphatic imine (C=N–C) groups is 1. The number of amidine groups is 1. The predicted octanol–water partition coefficient (Wildman–Crippen LogP) is 6.35. The van der Waals surface area contributed by atoms with Crippen LogP contribution in [-0.4, -0.2) is 22.5 Å². The zero-order valence-electron chi connectivity index (χ0n) is 16.9. The summed E-state index contributed by atoms with van der Waals surface area (Å²) in [6.07, 6.45) is 1.83. The van der Waals surface area contributed by atoms with E-state index in [4.69, 9.17) is 0 Å². The Hall–Kier alpha value is -2.47. The van der Waals surface area contributed by atoms with Crippen molar-refractivity contribution in [3.8, 4) is 0 Å². The molecule has 0 N–H and O–H groups in total. The van der Waals surface area contributed by atoms with E-state index in [1.807, 2.05) is 32.1 Å². The molecule has 2 aromatic rings. The maximum absolute atomic E-state index is 14.1. The van der Waals surface area contributed by atoms with E-state index in [2.05, 4.69) is 31.0 Å². The average Bonchev–Trinajstić information content (AvgIpc) is 2.93. The van der Waals surface area contributed by atoms with Gasteiger partial charge in [-0.15, -0.1) is 0 Å². The smallest absolute Gasteiger partial charge is 0.266 e. The first-order valence-corrected chi connectivity index (χ1v) is 10.4. The predicted molar refractivity (Wildman–Crippen MR) is 116 cm³/mol. The monoisotopic (exact) mass is 414 g/mol. The van der Waals surface area contributed by atoms with Crippen LogP contribution in [-0.2, 0) is 4.79 Å². The van der Waals surface area contributed by atoms with E-state index in [0.717, 1.165) is 17.7 Å². The number of carbonyl (C=O) groups is 1. The zero-order valence-corrected chi connectivity index (χ0v) is 17.8. The highest BCUT2D eigenvalue weighted by Gasteiger charge is 2.34. The van der Waals surface area contributed by atoms with Gasteiger partial charge in [-0.1, -0.05) is 52.0 Å². The molecule has 1 aliphatic rings. The van der Waals surface area contributed by atoms with Gasteiger partial charge in [0.15, 0.2) is 11.0 Å². The molecular formula is C23H24F2N2OS. The number of nitrogens with zero attached hydrogens (tertiary/aromatic N) is 2. The van der Waals surface area contributed by atoms with Gasteiger partial charge in [0, 0.05) is 12.6 Å². The number of rotatable bonds is 5. The van der Waals surface area contributed by atoms with E-state index in [1.54, 1.807) is 4.90 Å². The van der Waals surface area contributed by atoms with Crippen LogP contribution in [0.4, 0.5) is 14.5 Å². The molecule has 1 saturated heterocycles. The van der Waals surface area contributed by atoms with Gasteiger partial charge >= 0.3 is 0 Å². The maximum atomic E-state index is 14.1. The molecule has 0 spiro atoms. The molecular weight excluding hydrogens is 390 g/mol. The first kappa shape index (κ1) is 21.2. The summed E-state index contributed by atoms with van der Waals surface area (Å²) in [6.45, 7) is 8.73. The molecule has 0 unspecified atom stereocenters. The van der Waals surface area contributed by atoms with E-state index < -0.39 is 11.6 Å². The van der Waals surface area contributed by atoms with Gasteiger partial charge in [0.05, 0.1) is 4.91 Å². The Kier molecular flexibility index (Phi) is 6.52. The third kappa shape index (κ3) is 5.12. The van der Waals surface area contributed by atoms with Crippen molar-refractivity contribution >= 4 is 34.6 Å². The summed E-state index contributed by atoms with van der Waals surface area (Å²) >= 11 is 1.21. The number of hydrogen-bond donors (Lipinski definition) is 0. The van der Waals surface area contributed by atoms with Crippen LogP contribution in [0.15, 0.2) is 52.4 Å². The fourth-order valence-corrected chi connectivity index (χ4v) is 3.92. The number of halogens is 2. The van der Waals surface area contributed by atoms with Crippen molar-refractivity contribution in [2.45, 2.75) is 33.6 Å². The highest BCUT2D eigenvalue weighted by molar-refractivity contribution is 8.18. The van der Waals surface area contributed by atoms with Crippen molar-refractivity contribution in [2.24, 2.45) is 10.9 Å². The largest absolute Gasteiger partial charge is 0.286 e. The first-order valence-electron chi connectivity index (χ1n) is 9.59. The van der Waals surface area contributed by atoms with Crippen LogP contribution in [0.5, 0.6) is 0 Å². The third-order valence-corrected chi connectivity index (χ3v) is 5.47. The van der Waals surface area contributed by atoms with E-state index in [-0.39, 0.29) is 17.5 Å². The van der Waals surface area contributed by atoms with E-state index >= 15 is 0 Å². The fourth-order valence-electron chi connectivity index (χ4n) is 2.92. The maximum Gasteiger partial charge on any atom is 0.266 e. The van der Waals surface area contributed by atoms with Gasteiger partial charge in [0.2, 0.25) is 0 Å². The first-order chi connectivity index (χ1) is 13.7. The molecule has 0 saturated carbocycles. The second-order valence-electron chi connectivity index (χ2n) is 7.73. The van der Waals surface area contributed by atoms with Gasteiger partial charge in [0.1, 0.15) is 11.5 Å². The minimum Gasteiger partial charge on any atom is -0.286 e. The van der Waals surface area contributed by atoms with Gasteiger partial charge in [0.25, 0.3) is 5.91 Å². The quantitative estimate of drug-likeness (QED) is 0.534. The molecule has 3 rings (SSSR count). The van der Waals surface area contributed by atoms with Gasteiger partial charge in [-0.2, -0.15) is 0 Å². The molecule has 29 heavy (non-hydrogen) atoms. The van der Waals surface area contributed by atoms with Crippen LogP contribution in [0, 0.1) is 17.6 Å². The summed E-state index contributed by atoms with van der Waals surface area (Å²) in [4.78, 5) is 19.4. The molecule has 0 radical (unpaired) electrons. The Morgan fingerprint density at radius 1 is 1.07 bits per heavy atom. The van der Waals surface area contributed by atoms with Crippen molar-refractivity contribution in [3.63, 3.8) is 0 Å². The number of carbonyl (C=O) groups excluding carboxylic acids is 1. The molecule has 0 bridgehead atoms. The Balaban J connectivity index is 1.94. The van der Waals surface area contributed by atoms with Gasteiger partial charge < -0.3 is 0 Å². The minimum absolute atomic E-state index is 0.0120. The Labute approximate surface area is 174 Å². The van der Waals surface area contributed by atoms with Crippen LogP contribution in [0.3, 0.4) is 0 Å². The number of thioether (sulfide) groups is 1. The topological polar surface area (TPSA) is 32.7 Å². The summed E-state index contributed by atoms with van der Waals surface area (Å²) in [6, 6.07) is 11.3. The van der Waals surface area contributed by atoms with Gasteiger partial charge in [-0.05, 0) is 52.9 Å². The van der Waals surface area contributed by atoms with Gasteiger partial charge in [-0.25, -0.2) is 13.8 Å². The Morgan fingerprint density at radius 3 is 2.34 bits per heavy atom. The lowest BCUT2D eigenvalue weighted by Gasteiger charge is -2.17. The van der Waals surface area contributed by atoms with Crippen LogP contribution in [0.2, 0.25) is 0 Å². The van der Waals surface area contributed by atoms with Crippen molar-refractivity contribution < 1.29 is 13.6 Å². The molecule has 152 valence electrons. The average molecular weight is 415 g/mol.